The third-order valence-corrected chi connectivity index (χ3v) is 12.5. The monoisotopic (exact) mass is 1240 g/mol. The SMILES string of the molecule is Cc1cc(C(CCc2cc(I)c(O)c(I)c2)(CCc2cc(I)c(O)c(I)c2)c2cc(S)c(O)c(I)c2)cc(I)c1O. The molecule has 0 aliphatic carbocycles. The van der Waals surface area contributed by atoms with Gasteiger partial charge in [-0.1, -0.05) is 6.07 Å². The minimum absolute atomic E-state index is 0.160. The fourth-order valence-corrected chi connectivity index (χ4v) is 10.6. The molecule has 0 aromatic heterocycles. The largest absolute Gasteiger partial charge is 0.507 e. The molecular weight excluding hydrogens is 1220 g/mol. The number of hydrogen-bond acceptors (Lipinski definition) is 5. The molecule has 0 amide bonds. The first-order chi connectivity index (χ1) is 19.2. The maximum atomic E-state index is 10.7. The lowest BCUT2D eigenvalue weighted by atomic mass is 9.67. The minimum atomic E-state index is -0.507. The Kier molecular flexibility index (Phi) is 12.3. The van der Waals surface area contributed by atoms with E-state index in [4.69, 9.17) is 0 Å². The number of phenolic OH excluding ortho intramolecular Hbond substituents is 4. The van der Waals surface area contributed by atoms with Gasteiger partial charge in [-0.3, -0.25) is 0 Å². The molecule has 4 rings (SSSR count). The lowest BCUT2D eigenvalue weighted by molar-refractivity contribution is 0.425. The molecule has 4 nitrogen and oxygen atoms in total. The summed E-state index contributed by atoms with van der Waals surface area (Å²) in [5.74, 6) is 1.04. The van der Waals surface area contributed by atoms with Crippen LogP contribution in [0.25, 0.3) is 0 Å². The van der Waals surface area contributed by atoms with Crippen molar-refractivity contribution >= 4 is 148 Å². The van der Waals surface area contributed by atoms with Gasteiger partial charge >= 0.3 is 0 Å². The summed E-state index contributed by atoms with van der Waals surface area (Å²) in [6, 6.07) is 16.3. The quantitative estimate of drug-likeness (QED) is 0.0900. The third-order valence-electron chi connectivity index (χ3n) is 7.24. The number of thiol groups is 1. The number of benzene rings is 4. The van der Waals surface area contributed by atoms with Crippen molar-refractivity contribution in [2.45, 2.75) is 42.9 Å². The van der Waals surface area contributed by atoms with E-state index in [1.54, 1.807) is 0 Å². The second-order valence-corrected chi connectivity index (χ2v) is 17.3. The van der Waals surface area contributed by atoms with Crippen LogP contribution in [0.15, 0.2) is 53.4 Å². The molecule has 0 bridgehead atoms. The lowest BCUT2D eigenvalue weighted by Gasteiger charge is -2.37. The Hall–Kier alpha value is 0.810. The smallest absolute Gasteiger partial charge is 0.142 e. The average Bonchev–Trinajstić information content (AvgIpc) is 2.91. The van der Waals surface area contributed by atoms with Gasteiger partial charge < -0.3 is 20.4 Å². The molecular formula is C30H24I6O4S. The molecule has 11 heteroatoms. The summed E-state index contributed by atoms with van der Waals surface area (Å²) in [6.07, 6.45) is 2.97. The predicted molar refractivity (Wildman–Crippen MR) is 218 cm³/mol. The number of aromatic hydroxyl groups is 4. The number of hydrogen-bond donors (Lipinski definition) is 5. The molecule has 41 heavy (non-hydrogen) atoms. The van der Waals surface area contributed by atoms with Crippen LogP contribution in [0.2, 0.25) is 0 Å². The molecule has 0 atom stereocenters. The Morgan fingerprint density at radius 3 is 1.29 bits per heavy atom. The van der Waals surface area contributed by atoms with E-state index in [0.29, 0.717) is 16.4 Å². The average molecular weight is 1240 g/mol. The van der Waals surface area contributed by atoms with Crippen molar-refractivity contribution in [3.05, 3.63) is 97.8 Å². The van der Waals surface area contributed by atoms with Gasteiger partial charge in [0.15, 0.2) is 0 Å². The number of halogens is 6. The van der Waals surface area contributed by atoms with Crippen LogP contribution in [0.3, 0.4) is 0 Å². The van der Waals surface area contributed by atoms with Crippen LogP contribution >= 0.6 is 148 Å². The predicted octanol–water partition coefficient (Wildman–Crippen LogP) is 10.3. The highest BCUT2D eigenvalue weighted by Gasteiger charge is 2.36. The molecule has 0 aliphatic heterocycles. The summed E-state index contributed by atoms with van der Waals surface area (Å²) in [6.45, 7) is 1.92. The second kappa shape index (κ2) is 14.5. The van der Waals surface area contributed by atoms with Crippen molar-refractivity contribution in [1.82, 2.24) is 0 Å². The maximum Gasteiger partial charge on any atom is 0.142 e. The van der Waals surface area contributed by atoms with Gasteiger partial charge in [-0.05, 0) is 238 Å². The summed E-state index contributed by atoms with van der Waals surface area (Å²) in [5, 5.41) is 42.0. The van der Waals surface area contributed by atoms with Crippen molar-refractivity contribution in [3.63, 3.8) is 0 Å². The van der Waals surface area contributed by atoms with Crippen LogP contribution in [0.5, 0.6) is 23.0 Å². The highest BCUT2D eigenvalue weighted by molar-refractivity contribution is 14.1. The van der Waals surface area contributed by atoms with E-state index in [1.807, 2.05) is 43.3 Å². The first kappa shape index (κ1) is 34.7. The van der Waals surface area contributed by atoms with Crippen molar-refractivity contribution in [2.24, 2.45) is 0 Å². The zero-order chi connectivity index (χ0) is 30.2. The van der Waals surface area contributed by atoms with E-state index in [9.17, 15) is 20.4 Å². The van der Waals surface area contributed by atoms with Gasteiger partial charge in [-0.2, -0.15) is 0 Å². The van der Waals surface area contributed by atoms with Crippen LogP contribution in [0.4, 0.5) is 0 Å². The van der Waals surface area contributed by atoms with E-state index < -0.39 is 5.41 Å². The number of aryl methyl sites for hydroxylation is 3. The van der Waals surface area contributed by atoms with Crippen LogP contribution < -0.4 is 0 Å². The van der Waals surface area contributed by atoms with Crippen LogP contribution in [-0.2, 0) is 18.3 Å². The Balaban J connectivity index is 1.94. The Morgan fingerprint density at radius 1 is 0.537 bits per heavy atom. The standard InChI is InChI=1S/C30H24I6O4S/c1-14-6-17(11-23(35)26(14)37)30(18-12-24(36)29(40)25(41)13-18,4-2-15-7-19(31)27(38)20(32)8-15)5-3-16-9-21(33)28(39)22(34)10-16/h6-13,37-41H,2-5H2,1H3. The molecule has 0 fully saturated rings. The Labute approximate surface area is 327 Å². The summed E-state index contributed by atoms with van der Waals surface area (Å²) in [7, 11) is 0. The summed E-state index contributed by atoms with van der Waals surface area (Å²) >= 11 is 17.7. The van der Waals surface area contributed by atoms with Crippen LogP contribution in [0, 0.1) is 28.3 Å². The topological polar surface area (TPSA) is 80.9 Å². The molecule has 0 saturated carbocycles. The Morgan fingerprint density at radius 2 is 0.902 bits per heavy atom. The van der Waals surface area contributed by atoms with Crippen molar-refractivity contribution in [2.75, 3.05) is 0 Å². The summed E-state index contributed by atoms with van der Waals surface area (Å²) in [5.41, 5.74) is 4.67. The third kappa shape index (κ3) is 7.79. The van der Waals surface area contributed by atoms with E-state index in [1.165, 1.54) is 0 Å². The highest BCUT2D eigenvalue weighted by Crippen LogP contribution is 2.46. The zero-order valence-electron chi connectivity index (χ0n) is 21.5. The molecule has 0 radical (unpaired) electrons. The molecule has 216 valence electrons. The van der Waals surface area contributed by atoms with E-state index >= 15 is 0 Å². The van der Waals surface area contributed by atoms with Gasteiger partial charge in [0.1, 0.15) is 23.0 Å². The molecule has 4 N–H and O–H groups in total. The van der Waals surface area contributed by atoms with Gasteiger partial charge in [-0.15, -0.1) is 12.6 Å². The first-order valence-electron chi connectivity index (χ1n) is 12.3. The van der Waals surface area contributed by atoms with Crippen molar-refractivity contribution in [3.8, 4) is 23.0 Å². The second-order valence-electron chi connectivity index (χ2n) is 9.85. The molecule has 0 heterocycles. The summed E-state index contributed by atoms with van der Waals surface area (Å²) in [4.78, 5) is 0.518. The van der Waals surface area contributed by atoms with Gasteiger partial charge in [-0.25, -0.2) is 0 Å². The fraction of sp³-hybridized carbons (Fsp3) is 0.200. The lowest BCUT2D eigenvalue weighted by Crippen LogP contribution is -2.30. The highest BCUT2D eigenvalue weighted by atomic mass is 127. The van der Waals surface area contributed by atoms with Crippen LogP contribution in [-0.4, -0.2) is 20.4 Å². The van der Waals surface area contributed by atoms with Crippen molar-refractivity contribution in [1.29, 1.82) is 0 Å². The molecule has 0 aliphatic rings. The maximum absolute atomic E-state index is 10.7. The molecule has 0 spiro atoms. The van der Waals surface area contributed by atoms with Gasteiger partial charge in [0.2, 0.25) is 0 Å². The Bertz CT molecular complexity index is 1430. The molecule has 0 saturated heterocycles. The normalized spacial score (nSPS) is 11.7. The van der Waals surface area contributed by atoms with Gasteiger partial charge in [0.05, 0.1) is 21.4 Å². The molecule has 4 aromatic carbocycles. The fourth-order valence-electron chi connectivity index (χ4n) is 4.98. The molecule has 4 aromatic rings. The molecule has 0 unspecified atom stereocenters. The first-order valence-corrected chi connectivity index (χ1v) is 19.2. The zero-order valence-corrected chi connectivity index (χ0v) is 35.3. The van der Waals surface area contributed by atoms with E-state index in [-0.39, 0.29) is 11.5 Å². The van der Waals surface area contributed by atoms with Crippen LogP contribution in [0.1, 0.15) is 40.7 Å². The number of rotatable bonds is 8. The van der Waals surface area contributed by atoms with Gasteiger partial charge in [0.25, 0.3) is 0 Å². The summed E-state index contributed by atoms with van der Waals surface area (Å²) < 4.78 is 4.77. The minimum Gasteiger partial charge on any atom is -0.507 e. The van der Waals surface area contributed by atoms with Gasteiger partial charge in [0, 0.05) is 10.3 Å². The van der Waals surface area contributed by atoms with Crippen molar-refractivity contribution < 1.29 is 20.4 Å². The van der Waals surface area contributed by atoms with E-state index in [2.05, 4.69) is 160 Å². The van der Waals surface area contributed by atoms with E-state index in [0.717, 1.165) is 74.9 Å². The number of phenols is 4.